The molecule has 0 unspecified atom stereocenters. The van der Waals surface area contributed by atoms with Gasteiger partial charge in [-0.15, -0.1) is 0 Å². The van der Waals surface area contributed by atoms with Crippen LogP contribution >= 0.6 is 34.8 Å². The number of rotatable bonds is 4. The van der Waals surface area contributed by atoms with Gasteiger partial charge < -0.3 is 5.11 Å². The highest BCUT2D eigenvalue weighted by Gasteiger charge is 2.50. The average Bonchev–Trinajstić information content (AvgIpc) is 3.04. The summed E-state index contributed by atoms with van der Waals surface area (Å²) in [6, 6.07) is 9.02. The van der Waals surface area contributed by atoms with E-state index in [0.29, 0.717) is 10.6 Å². The van der Waals surface area contributed by atoms with E-state index in [-0.39, 0.29) is 20.5 Å². The summed E-state index contributed by atoms with van der Waals surface area (Å²) in [6.45, 7) is 5.53. The minimum Gasteiger partial charge on any atom is -0.478 e. The van der Waals surface area contributed by atoms with Crippen LogP contribution in [0.2, 0.25) is 15.1 Å². The molecule has 0 amide bonds. The number of halogens is 3. The summed E-state index contributed by atoms with van der Waals surface area (Å²) in [6.07, 6.45) is 1.49. The molecule has 0 spiro atoms. The molecule has 9 heteroatoms. The number of aliphatic carboxylic acids is 1. The first kappa shape index (κ1) is 23.1. The molecule has 0 bridgehead atoms. The molecule has 1 heterocycles. The number of benzene rings is 2. The molecule has 0 aromatic heterocycles. The number of carbonyl (C=O) groups is 1. The van der Waals surface area contributed by atoms with Crippen LogP contribution in [-0.2, 0) is 14.8 Å². The standard InChI is InChI=1S/C21H20Cl3NO4S/c1-21(2,3)17-11-14(20(26)27)18(12-7-9-13(22)10-8-12)25(17)30(28,29)19-15(23)5-4-6-16(19)24/h4-11,17-18H,1-3H3,(H,26,27)/t17-,18-/m0/s1. The van der Waals surface area contributed by atoms with E-state index >= 15 is 0 Å². The Morgan fingerprint density at radius 3 is 2.00 bits per heavy atom. The van der Waals surface area contributed by atoms with Crippen molar-refractivity contribution in [2.24, 2.45) is 5.41 Å². The lowest BCUT2D eigenvalue weighted by Gasteiger charge is -2.37. The van der Waals surface area contributed by atoms with Crippen molar-refractivity contribution in [3.8, 4) is 0 Å². The number of hydrogen-bond acceptors (Lipinski definition) is 3. The van der Waals surface area contributed by atoms with Crippen molar-refractivity contribution in [1.29, 1.82) is 0 Å². The zero-order valence-corrected chi connectivity index (χ0v) is 19.5. The first-order chi connectivity index (χ1) is 13.9. The summed E-state index contributed by atoms with van der Waals surface area (Å²) >= 11 is 18.4. The van der Waals surface area contributed by atoms with E-state index in [0.717, 1.165) is 0 Å². The molecule has 1 aliphatic rings. The van der Waals surface area contributed by atoms with Crippen LogP contribution in [0.5, 0.6) is 0 Å². The summed E-state index contributed by atoms with van der Waals surface area (Å²) in [5, 5.41) is 10.3. The van der Waals surface area contributed by atoms with Crippen molar-refractivity contribution in [3.05, 3.63) is 74.7 Å². The van der Waals surface area contributed by atoms with Gasteiger partial charge in [0.1, 0.15) is 4.90 Å². The quantitative estimate of drug-likeness (QED) is 0.588. The van der Waals surface area contributed by atoms with Crippen LogP contribution in [0.4, 0.5) is 0 Å². The lowest BCUT2D eigenvalue weighted by Crippen LogP contribution is -2.45. The third-order valence-corrected chi connectivity index (χ3v) is 7.99. The van der Waals surface area contributed by atoms with Gasteiger partial charge in [-0.25, -0.2) is 13.2 Å². The Balaban J connectivity index is 2.31. The fraction of sp³-hybridized carbons (Fsp3) is 0.286. The molecular weight excluding hydrogens is 469 g/mol. The van der Waals surface area contributed by atoms with Gasteiger partial charge in [0.2, 0.25) is 10.0 Å². The zero-order valence-electron chi connectivity index (χ0n) is 16.4. The summed E-state index contributed by atoms with van der Waals surface area (Å²) in [5.74, 6) is -1.20. The van der Waals surface area contributed by atoms with Crippen molar-refractivity contribution in [3.63, 3.8) is 0 Å². The minimum absolute atomic E-state index is 0.0335. The highest BCUT2D eigenvalue weighted by atomic mass is 35.5. The van der Waals surface area contributed by atoms with Gasteiger partial charge in [-0.2, -0.15) is 4.31 Å². The van der Waals surface area contributed by atoms with Crippen LogP contribution in [0.1, 0.15) is 32.4 Å². The molecule has 30 heavy (non-hydrogen) atoms. The van der Waals surface area contributed by atoms with Crippen LogP contribution in [0.3, 0.4) is 0 Å². The predicted octanol–water partition coefficient (Wildman–Crippen LogP) is 5.82. The molecule has 0 aliphatic carbocycles. The van der Waals surface area contributed by atoms with E-state index in [4.69, 9.17) is 34.8 Å². The Hall–Kier alpha value is -1.57. The number of nitrogens with zero attached hydrogens (tertiary/aromatic N) is 1. The van der Waals surface area contributed by atoms with Gasteiger partial charge in [0.05, 0.1) is 21.7 Å². The molecule has 0 saturated carbocycles. The predicted molar refractivity (Wildman–Crippen MR) is 119 cm³/mol. The Kier molecular flexibility index (Phi) is 6.29. The molecule has 5 nitrogen and oxygen atoms in total. The van der Waals surface area contributed by atoms with Crippen molar-refractivity contribution < 1.29 is 18.3 Å². The average molecular weight is 489 g/mol. The maximum atomic E-state index is 13.9. The second kappa shape index (κ2) is 8.17. The molecule has 1 aliphatic heterocycles. The third kappa shape index (κ3) is 4.12. The number of sulfonamides is 1. The Bertz CT molecular complexity index is 1100. The molecule has 0 saturated heterocycles. The normalized spacial score (nSPS) is 20.3. The molecule has 2 aromatic carbocycles. The second-order valence-corrected chi connectivity index (χ2v) is 11.1. The Labute approximate surface area is 190 Å². The highest BCUT2D eigenvalue weighted by Crippen LogP contribution is 2.47. The molecule has 2 atom stereocenters. The van der Waals surface area contributed by atoms with Crippen LogP contribution in [-0.4, -0.2) is 29.8 Å². The lowest BCUT2D eigenvalue weighted by molar-refractivity contribution is -0.133. The first-order valence-electron chi connectivity index (χ1n) is 9.03. The van der Waals surface area contributed by atoms with Crippen molar-refractivity contribution in [2.75, 3.05) is 0 Å². The van der Waals surface area contributed by atoms with E-state index in [2.05, 4.69) is 0 Å². The first-order valence-corrected chi connectivity index (χ1v) is 11.6. The van der Waals surface area contributed by atoms with Crippen LogP contribution in [0.25, 0.3) is 0 Å². The molecule has 0 radical (unpaired) electrons. The minimum atomic E-state index is -4.29. The van der Waals surface area contributed by atoms with Crippen LogP contribution in [0.15, 0.2) is 59.0 Å². The highest BCUT2D eigenvalue weighted by molar-refractivity contribution is 7.89. The maximum Gasteiger partial charge on any atom is 0.333 e. The molecular formula is C21H20Cl3NO4S. The van der Waals surface area contributed by atoms with Gasteiger partial charge in [-0.1, -0.05) is 79.8 Å². The van der Waals surface area contributed by atoms with Gasteiger partial charge >= 0.3 is 5.97 Å². The fourth-order valence-corrected chi connectivity index (χ4v) is 6.68. The summed E-state index contributed by atoms with van der Waals surface area (Å²) in [7, 11) is -4.29. The third-order valence-electron chi connectivity index (χ3n) is 4.94. The summed E-state index contributed by atoms with van der Waals surface area (Å²) in [5.41, 5.74) is -0.168. The largest absolute Gasteiger partial charge is 0.478 e. The molecule has 1 N–H and O–H groups in total. The van der Waals surface area contributed by atoms with Crippen molar-refractivity contribution >= 4 is 50.8 Å². The van der Waals surface area contributed by atoms with E-state index in [9.17, 15) is 18.3 Å². The maximum absolute atomic E-state index is 13.9. The smallest absolute Gasteiger partial charge is 0.333 e. The van der Waals surface area contributed by atoms with Crippen LogP contribution < -0.4 is 0 Å². The van der Waals surface area contributed by atoms with Crippen molar-refractivity contribution in [2.45, 2.75) is 37.8 Å². The van der Waals surface area contributed by atoms with E-state index in [1.165, 1.54) is 22.5 Å². The lowest BCUT2D eigenvalue weighted by atomic mass is 9.87. The van der Waals surface area contributed by atoms with Gasteiger partial charge in [0.25, 0.3) is 0 Å². The van der Waals surface area contributed by atoms with E-state index in [1.807, 2.05) is 20.8 Å². The Morgan fingerprint density at radius 2 is 1.53 bits per heavy atom. The topological polar surface area (TPSA) is 74.7 Å². The Morgan fingerprint density at radius 1 is 1.00 bits per heavy atom. The molecule has 3 rings (SSSR count). The second-order valence-electron chi connectivity index (χ2n) is 8.08. The van der Waals surface area contributed by atoms with Gasteiger partial charge in [-0.3, -0.25) is 0 Å². The zero-order chi connectivity index (χ0) is 22.4. The monoisotopic (exact) mass is 487 g/mol. The number of carboxylic acids is 1. The van der Waals surface area contributed by atoms with E-state index in [1.54, 1.807) is 30.3 Å². The number of hydrogen-bond donors (Lipinski definition) is 1. The fourth-order valence-electron chi connectivity index (χ4n) is 3.55. The van der Waals surface area contributed by atoms with Gasteiger partial charge in [-0.05, 0) is 35.2 Å². The van der Waals surface area contributed by atoms with Gasteiger partial charge in [0.15, 0.2) is 0 Å². The molecule has 0 fully saturated rings. The molecule has 2 aromatic rings. The summed E-state index contributed by atoms with van der Waals surface area (Å²) < 4.78 is 28.9. The number of carboxylic acid groups (broad SMARTS) is 1. The SMILES string of the molecule is CC(C)(C)[C@@H]1C=C(C(=O)O)[C@H](c2ccc(Cl)cc2)N1S(=O)(=O)c1c(Cl)cccc1Cl. The molecule has 160 valence electrons. The summed E-state index contributed by atoms with van der Waals surface area (Å²) in [4.78, 5) is 11.9. The van der Waals surface area contributed by atoms with Gasteiger partial charge in [0, 0.05) is 11.1 Å². The van der Waals surface area contributed by atoms with E-state index < -0.39 is 33.5 Å². The van der Waals surface area contributed by atoms with Crippen LogP contribution in [0, 0.1) is 5.41 Å². The van der Waals surface area contributed by atoms with Crippen molar-refractivity contribution in [1.82, 2.24) is 4.31 Å².